The molecular formula is C19H21N3O2. The van der Waals surface area contributed by atoms with Crippen LogP contribution in [0.4, 0.5) is 5.69 Å². The van der Waals surface area contributed by atoms with E-state index in [1.54, 1.807) is 13.0 Å². The number of benzene rings is 1. The topological polar surface area (TPSA) is 64.4 Å². The molecule has 0 saturated carbocycles. The molecule has 1 aliphatic rings. The Morgan fingerprint density at radius 2 is 1.79 bits per heavy atom. The molecule has 5 heteroatoms. The fraction of sp³-hybridized carbons (Fsp3) is 0.316. The number of carbonyl (C=O) groups is 2. The van der Waals surface area contributed by atoms with Gasteiger partial charge >= 0.3 is 0 Å². The molecule has 2 amide bonds. The monoisotopic (exact) mass is 323 g/mol. The summed E-state index contributed by atoms with van der Waals surface area (Å²) in [5, 5.41) is 9.29. The van der Waals surface area contributed by atoms with Crippen LogP contribution in [0.1, 0.15) is 25.8 Å². The Morgan fingerprint density at radius 1 is 1.17 bits per heavy atom. The number of nitriles is 1. The van der Waals surface area contributed by atoms with Gasteiger partial charge in [-0.15, -0.1) is 0 Å². The number of imide groups is 1. The molecule has 0 bridgehead atoms. The Hall–Kier alpha value is -2.87. The van der Waals surface area contributed by atoms with E-state index in [1.807, 2.05) is 56.3 Å². The van der Waals surface area contributed by atoms with E-state index >= 15 is 0 Å². The van der Waals surface area contributed by atoms with Crippen molar-refractivity contribution >= 4 is 23.6 Å². The molecule has 0 unspecified atom stereocenters. The van der Waals surface area contributed by atoms with Crippen molar-refractivity contribution in [3.8, 4) is 6.07 Å². The quantitative estimate of drug-likeness (QED) is 0.631. The molecule has 0 spiro atoms. The van der Waals surface area contributed by atoms with Crippen molar-refractivity contribution in [3.63, 3.8) is 0 Å². The Kier molecular flexibility index (Phi) is 5.20. The molecule has 0 N–H and O–H groups in total. The van der Waals surface area contributed by atoms with Crippen LogP contribution in [0.15, 0.2) is 41.0 Å². The molecule has 0 aromatic heterocycles. The zero-order chi connectivity index (χ0) is 17.9. The molecule has 0 saturated heterocycles. The average molecular weight is 323 g/mol. The van der Waals surface area contributed by atoms with Crippen molar-refractivity contribution < 1.29 is 9.59 Å². The number of hydrogen-bond acceptors (Lipinski definition) is 4. The minimum Gasteiger partial charge on any atom is -0.378 e. The smallest absolute Gasteiger partial charge is 0.271 e. The Morgan fingerprint density at radius 3 is 2.29 bits per heavy atom. The predicted octanol–water partition coefficient (Wildman–Crippen LogP) is 2.75. The van der Waals surface area contributed by atoms with Crippen LogP contribution in [0, 0.1) is 11.3 Å². The largest absolute Gasteiger partial charge is 0.378 e. The first-order chi connectivity index (χ1) is 11.4. The van der Waals surface area contributed by atoms with Gasteiger partial charge in [-0.2, -0.15) is 5.26 Å². The highest BCUT2D eigenvalue weighted by atomic mass is 16.2. The summed E-state index contributed by atoms with van der Waals surface area (Å²) < 4.78 is 0. The van der Waals surface area contributed by atoms with Gasteiger partial charge < -0.3 is 4.90 Å². The second-order valence-electron chi connectivity index (χ2n) is 5.92. The highest BCUT2D eigenvalue weighted by Gasteiger charge is 2.34. The van der Waals surface area contributed by atoms with E-state index in [4.69, 9.17) is 0 Å². The maximum atomic E-state index is 12.7. The summed E-state index contributed by atoms with van der Waals surface area (Å²) in [7, 11) is 3.91. The first-order valence-electron chi connectivity index (χ1n) is 7.87. The van der Waals surface area contributed by atoms with Gasteiger partial charge in [-0.1, -0.05) is 19.1 Å². The van der Waals surface area contributed by atoms with Gasteiger partial charge in [-0.25, -0.2) is 0 Å². The van der Waals surface area contributed by atoms with Gasteiger partial charge in [0.25, 0.3) is 11.8 Å². The molecule has 2 rings (SSSR count). The van der Waals surface area contributed by atoms with E-state index in [2.05, 4.69) is 0 Å². The summed E-state index contributed by atoms with van der Waals surface area (Å²) in [6.07, 6.45) is 2.39. The van der Waals surface area contributed by atoms with E-state index in [1.165, 1.54) is 0 Å². The average Bonchev–Trinajstić information content (AvgIpc) is 2.56. The lowest BCUT2D eigenvalue weighted by atomic mass is 9.93. The SMILES string of the molecule is CCCN1C(=O)C(C#N)=C(C)/C(=C\c2ccc(N(C)C)cc2)C1=O. The molecule has 124 valence electrons. The molecule has 1 heterocycles. The van der Waals surface area contributed by atoms with E-state index < -0.39 is 5.91 Å². The van der Waals surface area contributed by atoms with Crippen LogP contribution in [-0.4, -0.2) is 37.4 Å². The maximum Gasteiger partial charge on any atom is 0.271 e. The molecule has 1 aliphatic heterocycles. The van der Waals surface area contributed by atoms with Crippen LogP contribution >= 0.6 is 0 Å². The normalized spacial score (nSPS) is 16.6. The fourth-order valence-corrected chi connectivity index (χ4v) is 2.59. The summed E-state index contributed by atoms with van der Waals surface area (Å²) in [5.41, 5.74) is 2.79. The van der Waals surface area contributed by atoms with Crippen LogP contribution in [0.2, 0.25) is 0 Å². The summed E-state index contributed by atoms with van der Waals surface area (Å²) in [6, 6.07) is 9.68. The summed E-state index contributed by atoms with van der Waals surface area (Å²) in [4.78, 5) is 28.1. The third-order valence-corrected chi connectivity index (χ3v) is 3.99. The molecular weight excluding hydrogens is 302 g/mol. The van der Waals surface area contributed by atoms with Gasteiger partial charge in [-0.3, -0.25) is 14.5 Å². The minimum atomic E-state index is -0.498. The molecule has 0 fully saturated rings. The molecule has 24 heavy (non-hydrogen) atoms. The number of nitrogens with zero attached hydrogens (tertiary/aromatic N) is 3. The lowest BCUT2D eigenvalue weighted by Gasteiger charge is -2.27. The maximum absolute atomic E-state index is 12.7. The number of amides is 2. The van der Waals surface area contributed by atoms with Crippen molar-refractivity contribution in [1.82, 2.24) is 4.90 Å². The van der Waals surface area contributed by atoms with Crippen molar-refractivity contribution in [1.29, 1.82) is 5.26 Å². The van der Waals surface area contributed by atoms with Gasteiger partial charge in [0.2, 0.25) is 0 Å². The van der Waals surface area contributed by atoms with Crippen LogP contribution in [-0.2, 0) is 9.59 Å². The lowest BCUT2D eigenvalue weighted by Crippen LogP contribution is -2.43. The van der Waals surface area contributed by atoms with Gasteiger partial charge in [0.15, 0.2) is 0 Å². The summed E-state index contributed by atoms with van der Waals surface area (Å²) in [6.45, 7) is 3.85. The van der Waals surface area contributed by atoms with Gasteiger partial charge in [0.05, 0.1) is 0 Å². The van der Waals surface area contributed by atoms with Crippen LogP contribution in [0.25, 0.3) is 6.08 Å². The van der Waals surface area contributed by atoms with E-state index in [9.17, 15) is 14.9 Å². The fourth-order valence-electron chi connectivity index (χ4n) is 2.59. The lowest BCUT2D eigenvalue weighted by molar-refractivity contribution is -0.140. The van der Waals surface area contributed by atoms with E-state index in [0.717, 1.165) is 16.2 Å². The number of rotatable bonds is 4. The third kappa shape index (κ3) is 3.23. The van der Waals surface area contributed by atoms with E-state index in [0.29, 0.717) is 24.1 Å². The number of hydrogen-bond donors (Lipinski definition) is 0. The summed E-state index contributed by atoms with van der Waals surface area (Å²) in [5.74, 6) is -0.836. The second-order valence-corrected chi connectivity index (χ2v) is 5.92. The standard InChI is InChI=1S/C19H21N3O2/c1-5-10-22-18(23)16(13(2)17(12-20)19(22)24)11-14-6-8-15(9-7-14)21(3)4/h6-9,11H,5,10H2,1-4H3/b16-11+. The van der Waals surface area contributed by atoms with Crippen molar-refractivity contribution in [2.24, 2.45) is 0 Å². The van der Waals surface area contributed by atoms with Crippen molar-refractivity contribution in [2.75, 3.05) is 25.5 Å². The molecule has 0 radical (unpaired) electrons. The van der Waals surface area contributed by atoms with Gasteiger partial charge in [-0.05, 0) is 42.7 Å². The van der Waals surface area contributed by atoms with Crippen LogP contribution < -0.4 is 4.90 Å². The first kappa shape index (κ1) is 17.5. The number of anilines is 1. The van der Waals surface area contributed by atoms with Crippen LogP contribution in [0.5, 0.6) is 0 Å². The number of carbonyl (C=O) groups excluding carboxylic acids is 2. The van der Waals surface area contributed by atoms with E-state index in [-0.39, 0.29) is 11.5 Å². The van der Waals surface area contributed by atoms with Crippen molar-refractivity contribution in [2.45, 2.75) is 20.3 Å². The highest BCUT2D eigenvalue weighted by Crippen LogP contribution is 2.27. The molecule has 1 aromatic carbocycles. The molecule has 1 aromatic rings. The Balaban J connectivity index is 2.49. The predicted molar refractivity (Wildman–Crippen MR) is 94.1 cm³/mol. The molecule has 5 nitrogen and oxygen atoms in total. The molecule has 0 aliphatic carbocycles. The zero-order valence-electron chi connectivity index (χ0n) is 14.5. The Labute approximate surface area is 142 Å². The van der Waals surface area contributed by atoms with Gasteiger partial charge in [0.1, 0.15) is 11.6 Å². The Bertz CT molecular complexity index is 765. The highest BCUT2D eigenvalue weighted by molar-refractivity contribution is 6.19. The third-order valence-electron chi connectivity index (χ3n) is 3.99. The summed E-state index contributed by atoms with van der Waals surface area (Å²) >= 11 is 0. The second kappa shape index (κ2) is 7.14. The van der Waals surface area contributed by atoms with Crippen molar-refractivity contribution in [3.05, 3.63) is 46.5 Å². The molecule has 0 atom stereocenters. The van der Waals surface area contributed by atoms with Gasteiger partial charge in [0, 0.05) is 31.9 Å². The zero-order valence-corrected chi connectivity index (χ0v) is 14.5. The first-order valence-corrected chi connectivity index (χ1v) is 7.87. The minimum absolute atomic E-state index is 0.0409. The van der Waals surface area contributed by atoms with Crippen LogP contribution in [0.3, 0.4) is 0 Å².